The van der Waals surface area contributed by atoms with E-state index in [2.05, 4.69) is 15.9 Å². The molecule has 0 atom stereocenters. The average molecular weight is 282 g/mol. The van der Waals surface area contributed by atoms with E-state index >= 15 is 0 Å². The van der Waals surface area contributed by atoms with E-state index in [-0.39, 0.29) is 12.6 Å². The summed E-state index contributed by atoms with van der Waals surface area (Å²) in [5.74, 6) is -0.116. The van der Waals surface area contributed by atoms with E-state index in [9.17, 15) is 4.79 Å². The Morgan fingerprint density at radius 1 is 1.56 bits per heavy atom. The van der Waals surface area contributed by atoms with Gasteiger partial charge < -0.3 is 10.0 Å². The van der Waals surface area contributed by atoms with E-state index < -0.39 is 0 Å². The maximum atomic E-state index is 11.8. The molecule has 0 fully saturated rings. The van der Waals surface area contributed by atoms with Crippen molar-refractivity contribution in [2.75, 3.05) is 13.8 Å². The minimum Gasteiger partial charge on any atom is -0.376 e. The van der Waals surface area contributed by atoms with Gasteiger partial charge in [0.05, 0.1) is 0 Å². The van der Waals surface area contributed by atoms with E-state index in [1.807, 2.05) is 24.3 Å². The molecule has 0 saturated carbocycles. The van der Waals surface area contributed by atoms with Crippen LogP contribution in [0.4, 0.5) is 0 Å². The minimum absolute atomic E-state index is 0.116. The molecule has 0 heterocycles. The Labute approximate surface area is 103 Å². The van der Waals surface area contributed by atoms with Crippen LogP contribution in [-0.4, -0.2) is 29.7 Å². The van der Waals surface area contributed by atoms with Crippen LogP contribution in [0.15, 0.2) is 28.2 Å². The molecule has 0 aromatic heterocycles. The van der Waals surface area contributed by atoms with Crippen LogP contribution in [0.25, 0.3) is 6.08 Å². The van der Waals surface area contributed by atoms with Gasteiger partial charge in [0.15, 0.2) is 0 Å². The van der Waals surface area contributed by atoms with Crippen molar-refractivity contribution < 1.29 is 9.90 Å². The van der Waals surface area contributed by atoms with Crippen LogP contribution in [0.2, 0.25) is 0 Å². The largest absolute Gasteiger partial charge is 0.376 e. The number of carbonyl (C=O) groups is 1. The normalized spacial score (nSPS) is 13.3. The molecule has 0 bridgehead atoms. The maximum Gasteiger partial charge on any atom is 0.251 e. The molecule has 0 spiro atoms. The van der Waals surface area contributed by atoms with Crippen molar-refractivity contribution in [3.8, 4) is 0 Å². The monoisotopic (exact) mass is 281 g/mol. The van der Waals surface area contributed by atoms with Crippen molar-refractivity contribution in [1.82, 2.24) is 4.90 Å². The number of aliphatic hydroxyl groups excluding tert-OH is 1. The first-order chi connectivity index (χ1) is 7.61. The fourth-order valence-electron chi connectivity index (χ4n) is 1.75. The number of hydrogen-bond acceptors (Lipinski definition) is 2. The van der Waals surface area contributed by atoms with Gasteiger partial charge in [-0.25, -0.2) is 0 Å². The molecule has 0 radical (unpaired) electrons. The van der Waals surface area contributed by atoms with Gasteiger partial charge in [0.2, 0.25) is 0 Å². The van der Waals surface area contributed by atoms with Crippen molar-refractivity contribution in [1.29, 1.82) is 0 Å². The van der Waals surface area contributed by atoms with Gasteiger partial charge in [-0.3, -0.25) is 4.79 Å². The second kappa shape index (κ2) is 4.39. The zero-order valence-electron chi connectivity index (χ0n) is 8.90. The second-order valence-electron chi connectivity index (χ2n) is 3.83. The van der Waals surface area contributed by atoms with Crippen LogP contribution in [-0.2, 0) is 11.2 Å². The first-order valence-electron chi connectivity index (χ1n) is 4.97. The van der Waals surface area contributed by atoms with Crippen molar-refractivity contribution in [3.05, 3.63) is 39.4 Å². The first kappa shape index (κ1) is 11.4. The summed E-state index contributed by atoms with van der Waals surface area (Å²) in [7, 11) is 1.59. The lowest BCUT2D eigenvalue weighted by Gasteiger charge is -2.13. The average Bonchev–Trinajstić information content (AvgIpc) is 2.69. The van der Waals surface area contributed by atoms with Gasteiger partial charge in [-0.05, 0) is 29.3 Å². The van der Waals surface area contributed by atoms with Crippen LogP contribution in [0.5, 0.6) is 0 Å². The fourth-order valence-corrected chi connectivity index (χ4v) is 2.13. The van der Waals surface area contributed by atoms with E-state index in [0.29, 0.717) is 6.42 Å². The van der Waals surface area contributed by atoms with Gasteiger partial charge in [0.25, 0.3) is 5.91 Å². The van der Waals surface area contributed by atoms with E-state index in [4.69, 9.17) is 5.11 Å². The molecule has 2 rings (SSSR count). The van der Waals surface area contributed by atoms with Crippen LogP contribution in [0.1, 0.15) is 11.1 Å². The van der Waals surface area contributed by atoms with Crippen molar-refractivity contribution in [3.63, 3.8) is 0 Å². The van der Waals surface area contributed by atoms with E-state index in [1.165, 1.54) is 4.90 Å². The molecule has 0 saturated heterocycles. The Hall–Kier alpha value is -1.13. The smallest absolute Gasteiger partial charge is 0.251 e. The van der Waals surface area contributed by atoms with Gasteiger partial charge in [-0.15, -0.1) is 0 Å². The first-order valence-corrected chi connectivity index (χ1v) is 5.76. The topological polar surface area (TPSA) is 40.5 Å². The van der Waals surface area contributed by atoms with E-state index in [0.717, 1.165) is 21.2 Å². The molecule has 84 valence electrons. The third kappa shape index (κ3) is 2.03. The number of carbonyl (C=O) groups excluding carboxylic acids is 1. The molecular weight excluding hydrogens is 270 g/mol. The highest BCUT2D eigenvalue weighted by molar-refractivity contribution is 9.10. The standard InChI is InChI=1S/C12H12BrNO2/c1-14(7-15)12(16)10-4-8-2-3-11(13)6-9(8)5-10/h2-3,5-6,15H,4,7H2,1H3. The second-order valence-corrected chi connectivity index (χ2v) is 4.75. The van der Waals surface area contributed by atoms with Crippen LogP contribution < -0.4 is 0 Å². The Morgan fingerprint density at radius 2 is 2.31 bits per heavy atom. The Bertz CT molecular complexity index is 468. The van der Waals surface area contributed by atoms with Gasteiger partial charge >= 0.3 is 0 Å². The number of nitrogens with zero attached hydrogens (tertiary/aromatic N) is 1. The zero-order valence-corrected chi connectivity index (χ0v) is 10.5. The van der Waals surface area contributed by atoms with Crippen molar-refractivity contribution in [2.45, 2.75) is 6.42 Å². The number of benzene rings is 1. The lowest BCUT2D eigenvalue weighted by Crippen LogP contribution is -2.28. The molecule has 16 heavy (non-hydrogen) atoms. The van der Waals surface area contributed by atoms with Gasteiger partial charge in [0.1, 0.15) is 6.73 Å². The molecule has 1 aliphatic carbocycles. The van der Waals surface area contributed by atoms with Crippen molar-refractivity contribution in [2.24, 2.45) is 0 Å². The summed E-state index contributed by atoms with van der Waals surface area (Å²) in [6.07, 6.45) is 2.53. The van der Waals surface area contributed by atoms with Crippen LogP contribution >= 0.6 is 15.9 Å². The molecule has 1 aliphatic rings. The predicted molar refractivity (Wildman–Crippen MR) is 65.7 cm³/mol. The SMILES string of the molecule is CN(CO)C(=O)C1=Cc2cc(Br)ccc2C1. The summed E-state index contributed by atoms with van der Waals surface area (Å²) in [6.45, 7) is -0.254. The number of halogens is 1. The summed E-state index contributed by atoms with van der Waals surface area (Å²) in [5.41, 5.74) is 2.95. The lowest BCUT2D eigenvalue weighted by molar-refractivity contribution is -0.128. The summed E-state index contributed by atoms with van der Waals surface area (Å²) in [4.78, 5) is 13.1. The quantitative estimate of drug-likeness (QED) is 0.840. The number of amides is 1. The third-order valence-electron chi connectivity index (χ3n) is 2.65. The summed E-state index contributed by atoms with van der Waals surface area (Å²) < 4.78 is 1.01. The van der Waals surface area contributed by atoms with Gasteiger partial charge in [-0.1, -0.05) is 22.0 Å². The molecule has 4 heteroatoms. The summed E-state index contributed by atoms with van der Waals surface area (Å²) in [5, 5.41) is 8.90. The highest BCUT2D eigenvalue weighted by Gasteiger charge is 2.20. The molecule has 3 nitrogen and oxygen atoms in total. The van der Waals surface area contributed by atoms with E-state index in [1.54, 1.807) is 7.05 Å². The molecule has 1 aromatic carbocycles. The number of hydrogen-bond donors (Lipinski definition) is 1. The molecule has 1 amide bonds. The summed E-state index contributed by atoms with van der Waals surface area (Å²) >= 11 is 3.40. The number of rotatable bonds is 2. The lowest BCUT2D eigenvalue weighted by atomic mass is 10.1. The Morgan fingerprint density at radius 3 is 3.00 bits per heavy atom. The van der Waals surface area contributed by atoms with Crippen LogP contribution in [0, 0.1) is 0 Å². The number of likely N-dealkylation sites (N-methyl/N-ethyl adjacent to an activating group) is 1. The molecule has 0 unspecified atom stereocenters. The third-order valence-corrected chi connectivity index (χ3v) is 3.15. The van der Waals surface area contributed by atoms with Crippen molar-refractivity contribution >= 4 is 27.9 Å². The maximum absolute atomic E-state index is 11.8. The molecular formula is C12H12BrNO2. The number of aliphatic hydroxyl groups is 1. The molecule has 1 aromatic rings. The summed E-state index contributed by atoms with van der Waals surface area (Å²) in [6, 6.07) is 5.97. The fraction of sp³-hybridized carbons (Fsp3) is 0.250. The highest BCUT2D eigenvalue weighted by atomic mass is 79.9. The highest BCUT2D eigenvalue weighted by Crippen LogP contribution is 2.28. The van der Waals surface area contributed by atoms with Crippen LogP contribution in [0.3, 0.4) is 0 Å². The molecule has 0 aliphatic heterocycles. The molecule has 1 N–H and O–H groups in total. The predicted octanol–water partition coefficient (Wildman–Crippen LogP) is 1.80. The minimum atomic E-state index is -0.254. The van der Waals surface area contributed by atoms with Gasteiger partial charge in [-0.2, -0.15) is 0 Å². The zero-order chi connectivity index (χ0) is 11.7. The Kier molecular flexibility index (Phi) is 3.12. The Balaban J connectivity index is 2.25. The van der Waals surface area contributed by atoms with Gasteiger partial charge in [0, 0.05) is 23.5 Å². The number of fused-ring (bicyclic) bond motifs is 1.